The summed E-state index contributed by atoms with van der Waals surface area (Å²) in [6.07, 6.45) is 2.96. The number of hydrogen-bond donors (Lipinski definition) is 1. The maximum absolute atomic E-state index is 11.7. The summed E-state index contributed by atoms with van der Waals surface area (Å²) in [5, 5.41) is 9.60. The minimum atomic E-state index is -0.664. The van der Waals surface area contributed by atoms with E-state index >= 15 is 0 Å². The fourth-order valence-corrected chi connectivity index (χ4v) is 4.02. The standard InChI is InChI=1S/C16H21NO3/c1-17-11-6-7-14(17)15(13(9-11)16(18)19)10-4-3-5-12(8-10)20-2/h3-5,8,11,13-15H,6-7,9H2,1-2H3,(H,18,19)/t11-,13-,14+,15-/m0/s1. The summed E-state index contributed by atoms with van der Waals surface area (Å²) in [4.78, 5) is 14.0. The predicted molar refractivity (Wildman–Crippen MR) is 76.1 cm³/mol. The van der Waals surface area contributed by atoms with E-state index in [1.807, 2.05) is 24.3 Å². The Hall–Kier alpha value is -1.55. The maximum Gasteiger partial charge on any atom is 0.307 e. The van der Waals surface area contributed by atoms with Crippen molar-refractivity contribution in [3.05, 3.63) is 29.8 Å². The Morgan fingerprint density at radius 1 is 1.40 bits per heavy atom. The topological polar surface area (TPSA) is 49.8 Å². The zero-order valence-corrected chi connectivity index (χ0v) is 12.0. The summed E-state index contributed by atoms with van der Waals surface area (Å²) in [5.74, 6) is -0.0839. The molecule has 2 saturated heterocycles. The van der Waals surface area contributed by atoms with Crippen LogP contribution in [-0.4, -0.2) is 42.2 Å². The zero-order valence-electron chi connectivity index (χ0n) is 12.0. The van der Waals surface area contributed by atoms with Gasteiger partial charge in [-0.15, -0.1) is 0 Å². The number of aliphatic carboxylic acids is 1. The summed E-state index contributed by atoms with van der Waals surface area (Å²) in [5.41, 5.74) is 1.09. The van der Waals surface area contributed by atoms with E-state index < -0.39 is 5.97 Å². The van der Waals surface area contributed by atoms with E-state index in [0.29, 0.717) is 12.1 Å². The SMILES string of the molecule is COc1cccc([C@H]2[C@@H](C(=O)O)C[C@@H]3CC[C@H]2N3C)c1. The van der Waals surface area contributed by atoms with E-state index in [9.17, 15) is 9.90 Å². The summed E-state index contributed by atoms with van der Waals surface area (Å²) in [7, 11) is 3.78. The van der Waals surface area contributed by atoms with Crippen molar-refractivity contribution in [2.45, 2.75) is 37.3 Å². The van der Waals surface area contributed by atoms with E-state index in [2.05, 4.69) is 11.9 Å². The van der Waals surface area contributed by atoms with Gasteiger partial charge in [-0.2, -0.15) is 0 Å². The molecule has 2 aliphatic heterocycles. The Bertz CT molecular complexity index is 516. The molecule has 3 rings (SSSR count). The summed E-state index contributed by atoms with van der Waals surface area (Å²) < 4.78 is 5.29. The van der Waals surface area contributed by atoms with E-state index in [-0.39, 0.29) is 11.8 Å². The number of carbonyl (C=O) groups is 1. The third-order valence-electron chi connectivity index (χ3n) is 5.06. The molecular formula is C16H21NO3. The van der Waals surface area contributed by atoms with Crippen molar-refractivity contribution in [2.75, 3.05) is 14.2 Å². The first-order valence-electron chi connectivity index (χ1n) is 7.20. The van der Waals surface area contributed by atoms with Crippen molar-refractivity contribution in [1.29, 1.82) is 0 Å². The van der Waals surface area contributed by atoms with Crippen LogP contribution in [0.15, 0.2) is 24.3 Å². The average Bonchev–Trinajstić information content (AvgIpc) is 2.70. The Balaban J connectivity index is 1.99. The first kappa shape index (κ1) is 13.4. The van der Waals surface area contributed by atoms with Crippen LogP contribution in [0.5, 0.6) is 5.75 Å². The van der Waals surface area contributed by atoms with Crippen LogP contribution in [0.2, 0.25) is 0 Å². The van der Waals surface area contributed by atoms with Crippen LogP contribution in [0, 0.1) is 5.92 Å². The predicted octanol–water partition coefficient (Wildman–Crippen LogP) is 2.35. The zero-order chi connectivity index (χ0) is 14.3. The number of piperidine rings is 1. The number of rotatable bonds is 3. The molecule has 0 unspecified atom stereocenters. The van der Waals surface area contributed by atoms with Crippen molar-refractivity contribution in [3.8, 4) is 5.75 Å². The number of carboxylic acid groups (broad SMARTS) is 1. The van der Waals surface area contributed by atoms with Gasteiger partial charge in [-0.1, -0.05) is 12.1 Å². The normalized spacial score (nSPS) is 33.1. The summed E-state index contributed by atoms with van der Waals surface area (Å²) in [6, 6.07) is 8.66. The van der Waals surface area contributed by atoms with Gasteiger partial charge in [-0.05, 0) is 44.0 Å². The fourth-order valence-electron chi connectivity index (χ4n) is 4.02. The molecule has 108 valence electrons. The van der Waals surface area contributed by atoms with Gasteiger partial charge in [0.2, 0.25) is 0 Å². The Kier molecular flexibility index (Phi) is 3.42. The third kappa shape index (κ3) is 2.08. The number of carboxylic acids is 1. The minimum Gasteiger partial charge on any atom is -0.497 e. The van der Waals surface area contributed by atoms with Gasteiger partial charge in [0.25, 0.3) is 0 Å². The Morgan fingerprint density at radius 3 is 2.90 bits per heavy atom. The molecule has 1 aromatic carbocycles. The van der Waals surface area contributed by atoms with Crippen molar-refractivity contribution in [1.82, 2.24) is 4.90 Å². The van der Waals surface area contributed by atoms with Gasteiger partial charge in [-0.25, -0.2) is 0 Å². The minimum absolute atomic E-state index is 0.0614. The molecule has 2 aliphatic rings. The first-order valence-corrected chi connectivity index (χ1v) is 7.20. The molecule has 0 saturated carbocycles. The van der Waals surface area contributed by atoms with Crippen LogP contribution >= 0.6 is 0 Å². The molecule has 4 atom stereocenters. The van der Waals surface area contributed by atoms with Crippen LogP contribution in [0.4, 0.5) is 0 Å². The smallest absolute Gasteiger partial charge is 0.307 e. The highest BCUT2D eigenvalue weighted by atomic mass is 16.5. The highest BCUT2D eigenvalue weighted by Crippen LogP contribution is 2.47. The van der Waals surface area contributed by atoms with Gasteiger partial charge in [0.1, 0.15) is 5.75 Å². The van der Waals surface area contributed by atoms with Crippen LogP contribution in [0.1, 0.15) is 30.7 Å². The van der Waals surface area contributed by atoms with E-state index in [1.165, 1.54) is 0 Å². The van der Waals surface area contributed by atoms with Crippen molar-refractivity contribution < 1.29 is 14.6 Å². The van der Waals surface area contributed by atoms with Gasteiger partial charge >= 0.3 is 5.97 Å². The molecule has 0 spiro atoms. The molecule has 2 heterocycles. The highest BCUT2D eigenvalue weighted by Gasteiger charge is 2.48. The van der Waals surface area contributed by atoms with Crippen molar-refractivity contribution in [3.63, 3.8) is 0 Å². The molecule has 1 aromatic rings. The monoisotopic (exact) mass is 275 g/mol. The molecule has 4 heteroatoms. The number of hydrogen-bond acceptors (Lipinski definition) is 3. The summed E-state index contributed by atoms with van der Waals surface area (Å²) >= 11 is 0. The molecule has 1 N–H and O–H groups in total. The average molecular weight is 275 g/mol. The Morgan fingerprint density at radius 2 is 2.20 bits per heavy atom. The molecule has 2 bridgehead atoms. The van der Waals surface area contributed by atoms with Gasteiger partial charge in [-0.3, -0.25) is 9.69 Å². The number of likely N-dealkylation sites (N-methyl/N-ethyl adjacent to an activating group) is 1. The quantitative estimate of drug-likeness (QED) is 0.920. The van der Waals surface area contributed by atoms with Crippen molar-refractivity contribution >= 4 is 5.97 Å². The molecule has 2 fully saturated rings. The highest BCUT2D eigenvalue weighted by molar-refractivity contribution is 5.72. The van der Waals surface area contributed by atoms with E-state index in [0.717, 1.165) is 30.6 Å². The van der Waals surface area contributed by atoms with Crippen LogP contribution in [0.25, 0.3) is 0 Å². The molecule has 0 aromatic heterocycles. The van der Waals surface area contributed by atoms with Gasteiger partial charge < -0.3 is 9.84 Å². The van der Waals surface area contributed by atoms with Crippen LogP contribution in [0.3, 0.4) is 0 Å². The first-order chi connectivity index (χ1) is 9.61. The second-order valence-corrected chi connectivity index (χ2v) is 5.95. The second kappa shape index (κ2) is 5.09. The third-order valence-corrected chi connectivity index (χ3v) is 5.06. The van der Waals surface area contributed by atoms with E-state index in [1.54, 1.807) is 7.11 Å². The number of methoxy groups -OCH3 is 1. The largest absolute Gasteiger partial charge is 0.497 e. The van der Waals surface area contributed by atoms with Crippen molar-refractivity contribution in [2.24, 2.45) is 5.92 Å². The molecule has 0 aliphatic carbocycles. The number of nitrogens with zero attached hydrogens (tertiary/aromatic N) is 1. The lowest BCUT2D eigenvalue weighted by molar-refractivity contribution is -0.145. The lowest BCUT2D eigenvalue weighted by Gasteiger charge is -2.41. The molecule has 0 amide bonds. The lowest BCUT2D eigenvalue weighted by Crippen LogP contribution is -2.47. The fraction of sp³-hybridized carbons (Fsp3) is 0.562. The lowest BCUT2D eigenvalue weighted by atomic mass is 9.76. The maximum atomic E-state index is 11.7. The molecule has 4 nitrogen and oxygen atoms in total. The van der Waals surface area contributed by atoms with Crippen LogP contribution < -0.4 is 4.74 Å². The second-order valence-electron chi connectivity index (χ2n) is 5.95. The molecule has 20 heavy (non-hydrogen) atoms. The molecular weight excluding hydrogens is 254 g/mol. The van der Waals surface area contributed by atoms with Gasteiger partial charge in [0.05, 0.1) is 13.0 Å². The van der Waals surface area contributed by atoms with Crippen LogP contribution in [-0.2, 0) is 4.79 Å². The molecule has 0 radical (unpaired) electrons. The van der Waals surface area contributed by atoms with Gasteiger partial charge in [0.15, 0.2) is 0 Å². The Labute approximate surface area is 119 Å². The van der Waals surface area contributed by atoms with E-state index in [4.69, 9.17) is 4.74 Å². The van der Waals surface area contributed by atoms with Gasteiger partial charge in [0, 0.05) is 18.0 Å². The summed E-state index contributed by atoms with van der Waals surface area (Å²) in [6.45, 7) is 0. The number of fused-ring (bicyclic) bond motifs is 2. The number of benzene rings is 1. The number of ether oxygens (including phenoxy) is 1.